The largest absolute Gasteiger partial charge is 0.478 e. The van der Waals surface area contributed by atoms with E-state index >= 15 is 0 Å². The molecule has 0 saturated heterocycles. The monoisotopic (exact) mass is 881 g/mol. The molecular weight excluding hydrogens is 823 g/mol. The van der Waals surface area contributed by atoms with E-state index in [4.69, 9.17) is 14.2 Å². The first kappa shape index (κ1) is 50.0. The van der Waals surface area contributed by atoms with Crippen molar-refractivity contribution in [1.29, 1.82) is 0 Å². The molecule has 0 saturated carbocycles. The number of methoxy groups -OCH3 is 3. The third-order valence-corrected chi connectivity index (χ3v) is 11.9. The average molecular weight is 882 g/mol. The highest BCUT2D eigenvalue weighted by Crippen LogP contribution is 2.30. The molecule has 4 N–H and O–H groups in total. The molecule has 1 aromatic heterocycles. The van der Waals surface area contributed by atoms with Gasteiger partial charge in [-0.3, -0.25) is 29.4 Å². The van der Waals surface area contributed by atoms with Gasteiger partial charge >= 0.3 is 17.9 Å². The van der Waals surface area contributed by atoms with Gasteiger partial charge in [-0.15, -0.1) is 0 Å². The Labute approximate surface area is 373 Å². The summed E-state index contributed by atoms with van der Waals surface area (Å²) in [6.07, 6.45) is 1.52. The minimum Gasteiger partial charge on any atom is -0.478 e. The number of aryl methyl sites for hydroxylation is 2. The second kappa shape index (κ2) is 19.8. The fourth-order valence-electron chi connectivity index (χ4n) is 6.57. The highest BCUT2D eigenvalue weighted by molar-refractivity contribution is 6.20. The molecular formula is C47H59N7O10. The maximum Gasteiger partial charge on any atom is 0.338 e. The molecule has 4 heterocycles. The molecule has 2 aromatic carbocycles. The minimum absolute atomic E-state index is 0.0124. The van der Waals surface area contributed by atoms with Gasteiger partial charge in [0.05, 0.1) is 37.5 Å². The zero-order chi connectivity index (χ0) is 48.1. The molecule has 64 heavy (non-hydrogen) atoms. The van der Waals surface area contributed by atoms with Crippen molar-refractivity contribution in [2.45, 2.75) is 99.4 Å². The van der Waals surface area contributed by atoms with Crippen LogP contribution in [0.5, 0.6) is 0 Å². The van der Waals surface area contributed by atoms with Crippen LogP contribution in [-0.4, -0.2) is 101 Å². The highest BCUT2D eigenvalue weighted by Gasteiger charge is 2.45. The maximum atomic E-state index is 12.2. The molecule has 3 aliphatic rings. The number of pyridine rings is 1. The van der Waals surface area contributed by atoms with Gasteiger partial charge in [-0.2, -0.15) is 0 Å². The molecule has 3 amide bonds. The van der Waals surface area contributed by atoms with Gasteiger partial charge in [-0.1, -0.05) is 70.9 Å². The highest BCUT2D eigenvalue weighted by atomic mass is 16.5. The predicted molar refractivity (Wildman–Crippen MR) is 241 cm³/mol. The first-order valence-corrected chi connectivity index (χ1v) is 20.7. The van der Waals surface area contributed by atoms with Gasteiger partial charge in [0.1, 0.15) is 34.0 Å². The topological polar surface area (TPSA) is 236 Å². The van der Waals surface area contributed by atoms with Crippen LogP contribution in [-0.2, 0) is 35.2 Å². The number of aromatic nitrogens is 1. The summed E-state index contributed by atoms with van der Waals surface area (Å²) in [5.74, 6) is -1.42. The lowest BCUT2D eigenvalue weighted by Gasteiger charge is -2.21. The Morgan fingerprint density at radius 2 is 1.05 bits per heavy atom. The number of hydrogen-bond donors (Lipinski definition) is 4. The fourth-order valence-corrected chi connectivity index (χ4v) is 6.57. The van der Waals surface area contributed by atoms with E-state index in [0.717, 1.165) is 11.1 Å². The van der Waals surface area contributed by atoms with E-state index < -0.39 is 34.5 Å². The minimum atomic E-state index is -1.13. The molecule has 0 spiro atoms. The van der Waals surface area contributed by atoms with Crippen LogP contribution in [0, 0.1) is 31.6 Å². The second-order valence-electron chi connectivity index (χ2n) is 17.2. The van der Waals surface area contributed by atoms with Gasteiger partial charge in [0, 0.05) is 24.4 Å². The summed E-state index contributed by atoms with van der Waals surface area (Å²) in [6, 6.07) is 12.2. The van der Waals surface area contributed by atoms with Crippen molar-refractivity contribution in [3.05, 3.63) is 98.9 Å². The maximum absolute atomic E-state index is 12.2. The van der Waals surface area contributed by atoms with Gasteiger partial charge in [0.25, 0.3) is 17.7 Å². The van der Waals surface area contributed by atoms with Crippen LogP contribution in [0.3, 0.4) is 0 Å². The molecule has 0 radical (unpaired) electrons. The SMILES string of the molecule is COC(=O)c1cc(C)ccc1C1=NC(C)(C(C)C)C(=O)N1.COC(=O)c1ccc(C)cc1C1=NC(C)(C(C)C)C(=O)N1.COCc1cnc(C2=NC(C)(C(C)C)C(=O)N2)c(C(=O)O)c1. The normalized spacial score (nSPS) is 21.1. The Morgan fingerprint density at radius 3 is 1.50 bits per heavy atom. The standard InChI is InChI=1S/2C16H20N2O3.C15H19N3O4/c1-9(2)16(4)15(20)17-13(18-16)12-8-10(3)6-7-11(12)14(19)21-5;1-9(2)16(4)15(20)17-13(18-16)11-7-6-10(3)8-12(11)14(19)21-5;1-8(2)15(3)14(21)17-12(18-15)11-10(13(19)20)5-9(6-16-11)7-22-4/h2*6-9H,1-5H3,(H,17,18,20);5-6,8H,7H2,1-4H3,(H,19,20)(H,17,18,21). The number of rotatable bonds is 11. The average Bonchev–Trinajstić information content (AvgIpc) is 3.86. The van der Waals surface area contributed by atoms with Crippen molar-refractivity contribution in [2.75, 3.05) is 21.3 Å². The first-order chi connectivity index (χ1) is 29.9. The summed E-state index contributed by atoms with van der Waals surface area (Å²) >= 11 is 0. The molecule has 0 aliphatic carbocycles. The van der Waals surface area contributed by atoms with Crippen LogP contribution in [0.15, 0.2) is 63.6 Å². The molecule has 3 aliphatic heterocycles. The number of nitrogens with zero attached hydrogens (tertiary/aromatic N) is 4. The van der Waals surface area contributed by atoms with Crippen molar-refractivity contribution in [3.8, 4) is 0 Å². The summed E-state index contributed by atoms with van der Waals surface area (Å²) in [5, 5.41) is 17.6. The van der Waals surface area contributed by atoms with E-state index in [1.807, 2.05) is 73.6 Å². The lowest BCUT2D eigenvalue weighted by Crippen LogP contribution is -2.41. The quantitative estimate of drug-likeness (QED) is 0.179. The molecule has 0 fully saturated rings. The van der Waals surface area contributed by atoms with Gasteiger partial charge < -0.3 is 35.3 Å². The zero-order valence-electron chi connectivity index (χ0n) is 39.0. The molecule has 342 valence electrons. The van der Waals surface area contributed by atoms with Crippen LogP contribution >= 0.6 is 0 Å². The Hall–Kier alpha value is -6.62. The third-order valence-electron chi connectivity index (χ3n) is 11.9. The summed E-state index contributed by atoms with van der Waals surface area (Å²) < 4.78 is 14.6. The van der Waals surface area contributed by atoms with Crippen LogP contribution in [0.4, 0.5) is 0 Å². The zero-order valence-corrected chi connectivity index (χ0v) is 39.0. The number of aliphatic imine (C=N–C) groups is 3. The Kier molecular flexibility index (Phi) is 15.5. The number of hydrogen-bond acceptors (Lipinski definition) is 13. The molecule has 6 rings (SSSR count). The molecule has 17 heteroatoms. The molecule has 3 atom stereocenters. The molecule has 3 unspecified atom stereocenters. The summed E-state index contributed by atoms with van der Waals surface area (Å²) in [7, 11) is 4.19. The number of benzene rings is 2. The number of carboxylic acid groups (broad SMARTS) is 1. The van der Waals surface area contributed by atoms with Crippen molar-refractivity contribution >= 4 is 53.1 Å². The van der Waals surface area contributed by atoms with Gasteiger partial charge in [0.2, 0.25) is 0 Å². The number of carboxylic acids is 1. The lowest BCUT2D eigenvalue weighted by molar-refractivity contribution is -0.125. The number of esters is 2. The van der Waals surface area contributed by atoms with Crippen LogP contribution in [0.2, 0.25) is 0 Å². The number of amidine groups is 3. The number of nitrogens with one attached hydrogen (secondary N) is 3. The summed E-state index contributed by atoms with van der Waals surface area (Å²) in [6.45, 7) is 21.0. The van der Waals surface area contributed by atoms with E-state index in [9.17, 15) is 33.9 Å². The number of amides is 3. The van der Waals surface area contributed by atoms with Crippen LogP contribution in [0.25, 0.3) is 0 Å². The van der Waals surface area contributed by atoms with Gasteiger partial charge in [0.15, 0.2) is 5.84 Å². The number of ether oxygens (including phenoxy) is 3. The molecule has 3 aromatic rings. The number of carbonyl (C=O) groups excluding carboxylic acids is 5. The summed E-state index contributed by atoms with van der Waals surface area (Å²) in [4.78, 5) is 89.5. The van der Waals surface area contributed by atoms with E-state index in [1.165, 1.54) is 33.6 Å². The molecule has 17 nitrogen and oxygen atoms in total. The van der Waals surface area contributed by atoms with Gasteiger partial charge in [-0.25, -0.2) is 19.4 Å². The van der Waals surface area contributed by atoms with Gasteiger partial charge in [-0.05, 0) is 82.2 Å². The van der Waals surface area contributed by atoms with Crippen molar-refractivity contribution < 1.29 is 48.1 Å². The van der Waals surface area contributed by atoms with Crippen LogP contribution < -0.4 is 16.0 Å². The number of aromatic carboxylic acids is 1. The van der Waals surface area contributed by atoms with Crippen molar-refractivity contribution in [1.82, 2.24) is 20.9 Å². The van der Waals surface area contributed by atoms with E-state index in [1.54, 1.807) is 39.0 Å². The fraction of sp³-hybridized carbons (Fsp3) is 0.447. The summed E-state index contributed by atoms with van der Waals surface area (Å²) in [5.41, 5.74) is 2.15. The second-order valence-corrected chi connectivity index (χ2v) is 17.2. The lowest BCUT2D eigenvalue weighted by atomic mass is 9.89. The first-order valence-electron chi connectivity index (χ1n) is 20.7. The van der Waals surface area contributed by atoms with Crippen molar-refractivity contribution in [2.24, 2.45) is 32.7 Å². The van der Waals surface area contributed by atoms with E-state index in [2.05, 4.69) is 35.9 Å². The Balaban J connectivity index is 0.000000210. The Morgan fingerprint density at radius 1 is 0.609 bits per heavy atom. The third kappa shape index (κ3) is 10.3. The van der Waals surface area contributed by atoms with Crippen LogP contribution in [0.1, 0.15) is 127 Å². The predicted octanol–water partition coefficient (Wildman–Crippen LogP) is 5.36. The Bertz CT molecular complexity index is 2460. The van der Waals surface area contributed by atoms with E-state index in [-0.39, 0.29) is 59.2 Å². The van der Waals surface area contributed by atoms with E-state index in [0.29, 0.717) is 39.5 Å². The number of carbonyl (C=O) groups is 6. The van der Waals surface area contributed by atoms with Crippen molar-refractivity contribution in [3.63, 3.8) is 0 Å². The smallest absolute Gasteiger partial charge is 0.338 e. The molecule has 0 bridgehead atoms.